The van der Waals surface area contributed by atoms with E-state index in [0.717, 1.165) is 16.9 Å². The zero-order valence-electron chi connectivity index (χ0n) is 13.5. The highest BCUT2D eigenvalue weighted by atomic mass is 19.4. The summed E-state index contributed by atoms with van der Waals surface area (Å²) in [6.45, 7) is 0.411. The van der Waals surface area contributed by atoms with Crippen molar-refractivity contribution >= 4 is 22.7 Å². The number of anilines is 1. The Bertz CT molecular complexity index is 870. The Morgan fingerprint density at radius 3 is 2.58 bits per heavy atom. The van der Waals surface area contributed by atoms with E-state index >= 15 is 0 Å². The Hall–Kier alpha value is -3.23. The molecule has 0 amide bonds. The first-order chi connectivity index (χ1) is 12.4. The number of fused-ring (bicyclic) bond motifs is 1. The van der Waals surface area contributed by atoms with Crippen molar-refractivity contribution < 1.29 is 17.9 Å². The first-order valence-electron chi connectivity index (χ1n) is 7.75. The average Bonchev–Trinajstić information content (AvgIpc) is 2.98. The van der Waals surface area contributed by atoms with Gasteiger partial charge in [0.15, 0.2) is 5.96 Å². The van der Waals surface area contributed by atoms with Gasteiger partial charge in [-0.1, -0.05) is 12.1 Å². The maximum atomic E-state index is 12.1. The van der Waals surface area contributed by atoms with Crippen LogP contribution in [0, 0.1) is 0 Å². The number of imidazole rings is 1. The van der Waals surface area contributed by atoms with Crippen molar-refractivity contribution in [2.24, 2.45) is 10.7 Å². The van der Waals surface area contributed by atoms with Gasteiger partial charge in [0.05, 0.1) is 11.0 Å². The second kappa shape index (κ2) is 7.34. The minimum atomic E-state index is -4.72. The molecule has 0 saturated heterocycles. The maximum Gasteiger partial charge on any atom is 0.573 e. The fourth-order valence-electron chi connectivity index (χ4n) is 2.33. The summed E-state index contributed by atoms with van der Waals surface area (Å²) >= 11 is 0. The highest BCUT2D eigenvalue weighted by Gasteiger charge is 2.30. The Morgan fingerprint density at radius 2 is 1.88 bits per heavy atom. The van der Waals surface area contributed by atoms with Crippen LogP contribution in [0.15, 0.2) is 53.5 Å². The highest BCUT2D eigenvalue weighted by molar-refractivity contribution is 5.92. The molecule has 4 N–H and O–H groups in total. The molecule has 1 aromatic heterocycles. The number of para-hydroxylation sites is 2. The molecular weight excluding hydrogens is 347 g/mol. The molecule has 3 rings (SSSR count). The lowest BCUT2D eigenvalue weighted by molar-refractivity contribution is -0.274. The number of benzene rings is 2. The summed E-state index contributed by atoms with van der Waals surface area (Å²) in [6.07, 6.45) is -4.14. The van der Waals surface area contributed by atoms with Gasteiger partial charge in [0.2, 0.25) is 0 Å². The summed E-state index contributed by atoms with van der Waals surface area (Å²) in [4.78, 5) is 11.8. The first kappa shape index (κ1) is 17.6. The van der Waals surface area contributed by atoms with Gasteiger partial charge < -0.3 is 20.8 Å². The number of rotatable bonds is 5. The normalized spacial score (nSPS) is 12.3. The smallest absolute Gasteiger partial charge is 0.406 e. The SMILES string of the molecule is NC(=NCCc1nc2ccccc2[nH]1)Nc1ccc(OC(F)(F)F)cc1. The largest absolute Gasteiger partial charge is 0.573 e. The molecule has 26 heavy (non-hydrogen) atoms. The number of ether oxygens (including phenoxy) is 1. The molecule has 2 aromatic carbocycles. The van der Waals surface area contributed by atoms with Crippen LogP contribution in [0.25, 0.3) is 11.0 Å². The van der Waals surface area contributed by atoms with Crippen LogP contribution in [0.5, 0.6) is 5.75 Å². The van der Waals surface area contributed by atoms with Crippen LogP contribution >= 0.6 is 0 Å². The van der Waals surface area contributed by atoms with E-state index < -0.39 is 6.36 Å². The summed E-state index contributed by atoms with van der Waals surface area (Å²) in [5.74, 6) is 0.658. The number of halogens is 3. The zero-order valence-corrected chi connectivity index (χ0v) is 13.5. The van der Waals surface area contributed by atoms with Crippen molar-refractivity contribution in [2.45, 2.75) is 12.8 Å². The number of aliphatic imine (C=N–C) groups is 1. The molecule has 0 spiro atoms. The monoisotopic (exact) mass is 363 g/mol. The maximum absolute atomic E-state index is 12.1. The number of hydrogen-bond donors (Lipinski definition) is 3. The highest BCUT2D eigenvalue weighted by Crippen LogP contribution is 2.23. The number of alkyl halides is 3. The molecule has 0 atom stereocenters. The predicted molar refractivity (Wildman–Crippen MR) is 93.0 cm³/mol. The number of guanidine groups is 1. The van der Waals surface area contributed by atoms with Crippen LogP contribution in [0.2, 0.25) is 0 Å². The number of hydrogen-bond acceptors (Lipinski definition) is 3. The fourth-order valence-corrected chi connectivity index (χ4v) is 2.33. The lowest BCUT2D eigenvalue weighted by Crippen LogP contribution is -2.23. The van der Waals surface area contributed by atoms with Crippen LogP contribution in [0.3, 0.4) is 0 Å². The van der Waals surface area contributed by atoms with Crippen LogP contribution in [0.4, 0.5) is 18.9 Å². The van der Waals surface area contributed by atoms with Gasteiger partial charge in [0.1, 0.15) is 11.6 Å². The molecule has 0 aliphatic heterocycles. The Labute approximate surface area is 146 Å². The number of nitrogens with two attached hydrogens (primary N) is 1. The van der Waals surface area contributed by atoms with Crippen molar-refractivity contribution in [1.82, 2.24) is 9.97 Å². The number of H-pyrrole nitrogens is 1. The van der Waals surface area contributed by atoms with E-state index in [-0.39, 0.29) is 11.7 Å². The van der Waals surface area contributed by atoms with E-state index in [0.29, 0.717) is 18.7 Å². The third-order valence-corrected chi connectivity index (χ3v) is 3.43. The zero-order chi connectivity index (χ0) is 18.6. The predicted octanol–water partition coefficient (Wildman–Crippen LogP) is 3.43. The van der Waals surface area contributed by atoms with E-state index in [4.69, 9.17) is 5.73 Å². The molecule has 136 valence electrons. The quantitative estimate of drug-likeness (QED) is 0.479. The second-order valence-electron chi connectivity index (χ2n) is 5.41. The van der Waals surface area contributed by atoms with E-state index in [1.54, 1.807) is 0 Å². The molecular formula is C17H16F3N5O. The standard InChI is InChI=1S/C17H16F3N5O/c18-17(19,20)26-12-7-5-11(6-8-12)23-16(21)22-10-9-15-24-13-3-1-2-4-14(13)25-15/h1-8H,9-10H2,(H,24,25)(H3,21,22,23). The molecule has 0 saturated carbocycles. The molecule has 0 unspecified atom stereocenters. The van der Waals surface area contributed by atoms with Crippen LogP contribution in [-0.4, -0.2) is 28.8 Å². The minimum absolute atomic E-state index is 0.158. The third kappa shape index (κ3) is 4.88. The van der Waals surface area contributed by atoms with Gasteiger partial charge in [-0.2, -0.15) is 0 Å². The number of nitrogens with one attached hydrogen (secondary N) is 2. The van der Waals surface area contributed by atoms with Gasteiger partial charge in [0, 0.05) is 18.7 Å². The second-order valence-corrected chi connectivity index (χ2v) is 5.41. The average molecular weight is 363 g/mol. The van der Waals surface area contributed by atoms with Gasteiger partial charge in [-0.25, -0.2) is 4.98 Å². The topological polar surface area (TPSA) is 88.3 Å². The summed E-state index contributed by atoms with van der Waals surface area (Å²) in [7, 11) is 0. The van der Waals surface area contributed by atoms with Crippen LogP contribution in [-0.2, 0) is 6.42 Å². The van der Waals surface area contributed by atoms with Crippen molar-refractivity contribution in [2.75, 3.05) is 11.9 Å². The van der Waals surface area contributed by atoms with Crippen LogP contribution in [0.1, 0.15) is 5.82 Å². The van der Waals surface area contributed by atoms with Gasteiger partial charge in [-0.3, -0.25) is 4.99 Å². The molecule has 9 heteroatoms. The van der Waals surface area contributed by atoms with Crippen molar-refractivity contribution in [3.8, 4) is 5.75 Å². The molecule has 0 bridgehead atoms. The van der Waals surface area contributed by atoms with E-state index in [9.17, 15) is 13.2 Å². The molecule has 0 aliphatic carbocycles. The first-order valence-corrected chi connectivity index (χ1v) is 7.75. The molecule has 0 fully saturated rings. The molecule has 3 aromatic rings. The van der Waals surface area contributed by atoms with Gasteiger partial charge in [0.25, 0.3) is 0 Å². The van der Waals surface area contributed by atoms with E-state index in [1.165, 1.54) is 24.3 Å². The molecule has 0 aliphatic rings. The molecule has 0 radical (unpaired) electrons. The van der Waals surface area contributed by atoms with E-state index in [1.807, 2.05) is 24.3 Å². The Morgan fingerprint density at radius 1 is 1.15 bits per heavy atom. The van der Waals surface area contributed by atoms with E-state index in [2.05, 4.69) is 25.0 Å². The Kier molecular flexibility index (Phi) is 4.97. The lowest BCUT2D eigenvalue weighted by Gasteiger charge is -2.10. The van der Waals surface area contributed by atoms with Gasteiger partial charge in [-0.05, 0) is 36.4 Å². The number of aromatic amines is 1. The van der Waals surface area contributed by atoms with Crippen LogP contribution < -0.4 is 15.8 Å². The van der Waals surface area contributed by atoms with Crippen molar-refractivity contribution in [1.29, 1.82) is 0 Å². The van der Waals surface area contributed by atoms with Gasteiger partial charge >= 0.3 is 6.36 Å². The molecule has 1 heterocycles. The number of aromatic nitrogens is 2. The fraction of sp³-hybridized carbons (Fsp3) is 0.176. The van der Waals surface area contributed by atoms with Crippen molar-refractivity contribution in [3.05, 3.63) is 54.4 Å². The lowest BCUT2D eigenvalue weighted by atomic mass is 10.3. The van der Waals surface area contributed by atoms with Gasteiger partial charge in [-0.15, -0.1) is 13.2 Å². The summed E-state index contributed by atoms with van der Waals surface area (Å²) in [5, 5.41) is 2.81. The Balaban J connectivity index is 1.53. The third-order valence-electron chi connectivity index (χ3n) is 3.43. The summed E-state index contributed by atoms with van der Waals surface area (Å²) < 4.78 is 40.1. The van der Waals surface area contributed by atoms with Crippen molar-refractivity contribution in [3.63, 3.8) is 0 Å². The summed E-state index contributed by atoms with van der Waals surface area (Å²) in [5.41, 5.74) is 8.13. The summed E-state index contributed by atoms with van der Waals surface area (Å²) in [6, 6.07) is 12.9. The molecule has 6 nitrogen and oxygen atoms in total. The number of nitrogens with zero attached hydrogens (tertiary/aromatic N) is 2. The minimum Gasteiger partial charge on any atom is -0.406 e.